The first-order chi connectivity index (χ1) is 22.7. The van der Waals surface area contributed by atoms with Crippen molar-refractivity contribution in [2.45, 2.75) is 92.5 Å². The summed E-state index contributed by atoms with van der Waals surface area (Å²) in [7, 11) is 1.42. The molecule has 0 spiro atoms. The Morgan fingerprint density at radius 3 is 2.38 bits per heavy atom. The Labute approximate surface area is 286 Å². The average Bonchev–Trinajstić information content (AvgIpc) is 3.46. The van der Waals surface area contributed by atoms with E-state index in [2.05, 4.69) is 81.1 Å². The normalized spacial score (nSPS) is 15.6. The SMILES string of the molecule is CCOC1(C)CCN(c2c([C@H](OC(C)(C)C)C(=O)OC)c(C)cn3nc(-c4cccc(-c5cc(C)ccc5OCC(C)C)c4)cc23)CC1. The number of pyridine rings is 1. The second-order valence-corrected chi connectivity index (χ2v) is 14.7. The maximum atomic E-state index is 13.4. The molecule has 1 saturated heterocycles. The van der Waals surface area contributed by atoms with Crippen LogP contribution in [0.5, 0.6) is 5.75 Å². The largest absolute Gasteiger partial charge is 0.493 e. The zero-order valence-electron chi connectivity index (χ0n) is 30.5. The van der Waals surface area contributed by atoms with Gasteiger partial charge in [-0.25, -0.2) is 9.31 Å². The van der Waals surface area contributed by atoms with Crippen LogP contribution < -0.4 is 9.64 Å². The minimum absolute atomic E-state index is 0.186. The Hall–Kier alpha value is -3.88. The third kappa shape index (κ3) is 7.87. The van der Waals surface area contributed by atoms with E-state index in [0.717, 1.165) is 76.4 Å². The lowest BCUT2D eigenvalue weighted by atomic mass is 9.91. The van der Waals surface area contributed by atoms with Crippen molar-refractivity contribution in [3.63, 3.8) is 0 Å². The van der Waals surface area contributed by atoms with Gasteiger partial charge in [-0.15, -0.1) is 0 Å². The highest BCUT2D eigenvalue weighted by atomic mass is 16.6. The van der Waals surface area contributed by atoms with E-state index in [1.807, 2.05) is 45.3 Å². The molecule has 4 aromatic rings. The highest BCUT2D eigenvalue weighted by Gasteiger charge is 2.37. The summed E-state index contributed by atoms with van der Waals surface area (Å²) in [5, 5.41) is 5.11. The minimum Gasteiger partial charge on any atom is -0.493 e. The number of nitrogens with zero attached hydrogens (tertiary/aromatic N) is 3. The molecule has 2 aromatic carbocycles. The lowest BCUT2D eigenvalue weighted by molar-refractivity contribution is -0.164. The van der Waals surface area contributed by atoms with Crippen LogP contribution in [0.25, 0.3) is 27.9 Å². The van der Waals surface area contributed by atoms with Gasteiger partial charge in [-0.05, 0) is 103 Å². The zero-order chi connectivity index (χ0) is 34.8. The van der Waals surface area contributed by atoms with Crippen LogP contribution in [0.3, 0.4) is 0 Å². The molecule has 258 valence electrons. The van der Waals surface area contributed by atoms with Crippen LogP contribution in [-0.4, -0.2) is 60.2 Å². The quantitative estimate of drug-likeness (QED) is 0.150. The van der Waals surface area contributed by atoms with Crippen LogP contribution in [0.1, 0.15) is 84.1 Å². The average molecular weight is 656 g/mol. The molecule has 0 saturated carbocycles. The van der Waals surface area contributed by atoms with E-state index in [1.54, 1.807) is 0 Å². The summed E-state index contributed by atoms with van der Waals surface area (Å²) in [6.07, 6.45) is 2.83. The van der Waals surface area contributed by atoms with Crippen LogP contribution >= 0.6 is 0 Å². The molecular weight excluding hydrogens is 602 g/mol. The monoisotopic (exact) mass is 655 g/mol. The molecule has 0 bridgehead atoms. The number of esters is 1. The van der Waals surface area contributed by atoms with Gasteiger partial charge in [0.25, 0.3) is 0 Å². The molecule has 8 nitrogen and oxygen atoms in total. The first-order valence-corrected chi connectivity index (χ1v) is 17.2. The summed E-state index contributed by atoms with van der Waals surface area (Å²) < 4.78 is 26.1. The molecule has 8 heteroatoms. The third-order valence-electron chi connectivity index (χ3n) is 8.93. The number of ether oxygens (including phenoxy) is 4. The first kappa shape index (κ1) is 35.4. The van der Waals surface area contributed by atoms with Gasteiger partial charge in [-0.2, -0.15) is 5.10 Å². The standard InChI is InChI=1S/C40H53N3O5/c1-11-47-40(9)17-19-42(20-18-40)36-33-23-32(41-43(33)24-28(5)35(36)37(38(44)45-10)48-39(6,7)8)30-14-12-13-29(22-30)31-21-27(4)15-16-34(31)46-25-26(2)3/h12-16,21-24,26,37H,11,17-20,25H2,1-10H3/t37-/m0/s1. The number of carbonyl (C=O) groups is 1. The summed E-state index contributed by atoms with van der Waals surface area (Å²) in [6.45, 7) is 21.4. The molecule has 1 fully saturated rings. The predicted molar refractivity (Wildman–Crippen MR) is 193 cm³/mol. The number of hydrogen-bond donors (Lipinski definition) is 0. The second-order valence-electron chi connectivity index (χ2n) is 14.7. The molecule has 0 radical (unpaired) electrons. The van der Waals surface area contributed by atoms with Crippen molar-refractivity contribution in [1.82, 2.24) is 9.61 Å². The summed E-state index contributed by atoms with van der Waals surface area (Å²) in [4.78, 5) is 15.8. The fourth-order valence-electron chi connectivity index (χ4n) is 6.53. The predicted octanol–water partition coefficient (Wildman–Crippen LogP) is 8.74. The van der Waals surface area contributed by atoms with Crippen LogP contribution in [-0.2, 0) is 19.0 Å². The number of rotatable bonds is 11. The zero-order valence-corrected chi connectivity index (χ0v) is 30.5. The summed E-state index contributed by atoms with van der Waals surface area (Å²) in [6, 6.07) is 16.9. The van der Waals surface area contributed by atoms with Crippen molar-refractivity contribution in [2.75, 3.05) is 38.3 Å². The van der Waals surface area contributed by atoms with Gasteiger partial charge in [0.1, 0.15) is 5.75 Å². The summed E-state index contributed by atoms with van der Waals surface area (Å²) >= 11 is 0. The molecular formula is C40H53N3O5. The van der Waals surface area contributed by atoms with E-state index in [1.165, 1.54) is 12.7 Å². The highest BCUT2D eigenvalue weighted by Crippen LogP contribution is 2.42. The van der Waals surface area contributed by atoms with Crippen molar-refractivity contribution in [2.24, 2.45) is 5.92 Å². The van der Waals surface area contributed by atoms with E-state index < -0.39 is 17.7 Å². The molecule has 2 aromatic heterocycles. The van der Waals surface area contributed by atoms with Crippen LogP contribution in [0.2, 0.25) is 0 Å². The summed E-state index contributed by atoms with van der Waals surface area (Å²) in [5.74, 6) is 0.878. The van der Waals surface area contributed by atoms with E-state index in [0.29, 0.717) is 19.1 Å². The molecule has 1 aliphatic heterocycles. The van der Waals surface area contributed by atoms with Gasteiger partial charge < -0.3 is 23.8 Å². The fraction of sp³-hybridized carbons (Fsp3) is 0.500. The van der Waals surface area contributed by atoms with E-state index >= 15 is 0 Å². The van der Waals surface area contributed by atoms with Crippen molar-refractivity contribution in [3.8, 4) is 28.1 Å². The number of aryl methyl sites for hydroxylation is 2. The number of aromatic nitrogens is 2. The van der Waals surface area contributed by atoms with E-state index in [-0.39, 0.29) is 5.60 Å². The smallest absolute Gasteiger partial charge is 0.339 e. The molecule has 1 atom stereocenters. The fourth-order valence-corrected chi connectivity index (χ4v) is 6.53. The Morgan fingerprint density at radius 1 is 1.02 bits per heavy atom. The molecule has 0 unspecified atom stereocenters. The minimum atomic E-state index is -0.900. The Bertz CT molecular complexity index is 1740. The lowest BCUT2D eigenvalue weighted by Gasteiger charge is -2.41. The van der Waals surface area contributed by atoms with Crippen molar-refractivity contribution in [1.29, 1.82) is 0 Å². The molecule has 0 aliphatic carbocycles. The number of benzene rings is 2. The molecule has 1 aliphatic rings. The van der Waals surface area contributed by atoms with E-state index in [4.69, 9.17) is 24.0 Å². The molecule has 48 heavy (non-hydrogen) atoms. The lowest BCUT2D eigenvalue weighted by Crippen LogP contribution is -2.45. The number of carbonyl (C=O) groups excluding carboxylic acids is 1. The Morgan fingerprint density at radius 2 is 1.73 bits per heavy atom. The number of methoxy groups -OCH3 is 1. The third-order valence-corrected chi connectivity index (χ3v) is 8.93. The van der Waals surface area contributed by atoms with E-state index in [9.17, 15) is 4.79 Å². The Kier molecular flexibility index (Phi) is 10.6. The number of fused-ring (bicyclic) bond motifs is 1. The van der Waals surface area contributed by atoms with Crippen LogP contribution in [0, 0.1) is 19.8 Å². The van der Waals surface area contributed by atoms with Gasteiger partial charge >= 0.3 is 5.97 Å². The van der Waals surface area contributed by atoms with Crippen molar-refractivity contribution >= 4 is 17.2 Å². The van der Waals surface area contributed by atoms with Crippen molar-refractivity contribution < 1.29 is 23.7 Å². The number of anilines is 1. The maximum absolute atomic E-state index is 13.4. The van der Waals surface area contributed by atoms with Crippen LogP contribution in [0.15, 0.2) is 54.7 Å². The molecule has 0 N–H and O–H groups in total. The Balaban J connectivity index is 1.65. The number of hydrogen-bond acceptors (Lipinski definition) is 7. The van der Waals surface area contributed by atoms with Gasteiger partial charge in [0.15, 0.2) is 6.10 Å². The first-order valence-electron chi connectivity index (χ1n) is 17.2. The van der Waals surface area contributed by atoms with Crippen LogP contribution in [0.4, 0.5) is 5.69 Å². The van der Waals surface area contributed by atoms with Gasteiger partial charge in [0.2, 0.25) is 0 Å². The summed E-state index contributed by atoms with van der Waals surface area (Å²) in [5.41, 5.74) is 7.97. The van der Waals surface area contributed by atoms with Crippen molar-refractivity contribution in [3.05, 3.63) is 71.4 Å². The van der Waals surface area contributed by atoms with Gasteiger partial charge in [0, 0.05) is 42.6 Å². The number of piperidine rings is 1. The highest BCUT2D eigenvalue weighted by molar-refractivity contribution is 5.88. The second kappa shape index (κ2) is 14.3. The molecule has 5 rings (SSSR count). The van der Waals surface area contributed by atoms with Gasteiger partial charge in [-0.1, -0.05) is 43.7 Å². The van der Waals surface area contributed by atoms with Gasteiger partial charge in [-0.3, -0.25) is 0 Å². The molecule has 0 amide bonds. The molecule has 3 heterocycles. The topological polar surface area (TPSA) is 74.5 Å². The van der Waals surface area contributed by atoms with Gasteiger partial charge in [0.05, 0.1) is 41.8 Å². The maximum Gasteiger partial charge on any atom is 0.339 e.